The standard InChI is InChI=1S/C22H35N5O3.HI/c1-18-4-5-19(16-20(18)29-3)6-7-24-22(23-2)27-10-8-25(9-11-27)17-21(28)26-12-14-30-15-13-26;/h4-5,16H,6-15,17H2,1-3H3,(H,23,24);1H. The molecular weight excluding hydrogens is 509 g/mol. The molecule has 2 aliphatic heterocycles. The van der Waals surface area contributed by atoms with Crippen LogP contribution in [0.5, 0.6) is 5.75 Å². The molecule has 0 unspecified atom stereocenters. The van der Waals surface area contributed by atoms with Gasteiger partial charge in [0.25, 0.3) is 0 Å². The number of piperazine rings is 1. The van der Waals surface area contributed by atoms with E-state index in [-0.39, 0.29) is 29.9 Å². The quantitative estimate of drug-likeness (QED) is 0.330. The van der Waals surface area contributed by atoms with Gasteiger partial charge in [0.1, 0.15) is 5.75 Å². The van der Waals surface area contributed by atoms with E-state index in [1.165, 1.54) is 5.56 Å². The fraction of sp³-hybridized carbons (Fsp3) is 0.636. The Labute approximate surface area is 203 Å². The summed E-state index contributed by atoms with van der Waals surface area (Å²) in [4.78, 5) is 23.3. The Morgan fingerprint density at radius 3 is 2.48 bits per heavy atom. The van der Waals surface area contributed by atoms with E-state index >= 15 is 0 Å². The van der Waals surface area contributed by atoms with Crippen molar-refractivity contribution < 1.29 is 14.3 Å². The Balaban J connectivity index is 0.00000341. The molecule has 8 nitrogen and oxygen atoms in total. The van der Waals surface area contributed by atoms with Gasteiger partial charge in [0, 0.05) is 52.9 Å². The molecule has 1 aromatic carbocycles. The zero-order valence-electron chi connectivity index (χ0n) is 18.9. The van der Waals surface area contributed by atoms with Crippen LogP contribution in [0.4, 0.5) is 0 Å². The third-order valence-electron chi connectivity index (χ3n) is 5.78. The average Bonchev–Trinajstić information content (AvgIpc) is 2.79. The van der Waals surface area contributed by atoms with Gasteiger partial charge in [-0.1, -0.05) is 12.1 Å². The summed E-state index contributed by atoms with van der Waals surface area (Å²) in [6, 6.07) is 6.34. The van der Waals surface area contributed by atoms with Gasteiger partial charge in [-0.15, -0.1) is 24.0 Å². The van der Waals surface area contributed by atoms with Gasteiger partial charge in [-0.05, 0) is 30.5 Å². The largest absolute Gasteiger partial charge is 0.496 e. The molecule has 2 saturated heterocycles. The van der Waals surface area contributed by atoms with Crippen LogP contribution in [0, 0.1) is 6.92 Å². The first-order valence-electron chi connectivity index (χ1n) is 10.8. The van der Waals surface area contributed by atoms with Gasteiger partial charge in [0.05, 0.1) is 26.9 Å². The lowest BCUT2D eigenvalue weighted by Crippen LogP contribution is -2.55. The molecule has 1 amide bonds. The minimum atomic E-state index is 0. The van der Waals surface area contributed by atoms with E-state index in [2.05, 4.69) is 45.2 Å². The summed E-state index contributed by atoms with van der Waals surface area (Å²) in [6.45, 7) is 9.56. The van der Waals surface area contributed by atoms with Gasteiger partial charge in [0.15, 0.2) is 5.96 Å². The molecule has 0 radical (unpaired) electrons. The van der Waals surface area contributed by atoms with Crippen molar-refractivity contribution in [1.82, 2.24) is 20.0 Å². The number of aliphatic imine (C=N–C) groups is 1. The predicted molar refractivity (Wildman–Crippen MR) is 134 cm³/mol. The van der Waals surface area contributed by atoms with E-state index in [0.717, 1.165) is 56.4 Å². The Morgan fingerprint density at radius 2 is 1.84 bits per heavy atom. The number of aryl methyl sites for hydroxylation is 1. The fourth-order valence-corrected chi connectivity index (χ4v) is 3.89. The topological polar surface area (TPSA) is 69.6 Å². The number of hydrogen-bond donors (Lipinski definition) is 1. The molecule has 0 aliphatic carbocycles. The summed E-state index contributed by atoms with van der Waals surface area (Å²) in [5.41, 5.74) is 2.39. The molecule has 2 heterocycles. The highest BCUT2D eigenvalue weighted by atomic mass is 127. The van der Waals surface area contributed by atoms with Crippen molar-refractivity contribution in [3.05, 3.63) is 29.3 Å². The van der Waals surface area contributed by atoms with E-state index in [0.29, 0.717) is 32.8 Å². The number of carbonyl (C=O) groups is 1. The van der Waals surface area contributed by atoms with Crippen molar-refractivity contribution in [3.63, 3.8) is 0 Å². The molecule has 31 heavy (non-hydrogen) atoms. The lowest BCUT2D eigenvalue weighted by Gasteiger charge is -2.37. The molecule has 0 spiro atoms. The molecule has 2 fully saturated rings. The zero-order valence-corrected chi connectivity index (χ0v) is 21.3. The molecule has 1 N–H and O–H groups in total. The molecule has 3 rings (SSSR count). The highest BCUT2D eigenvalue weighted by Gasteiger charge is 2.24. The molecular formula is C22H36IN5O3. The highest BCUT2D eigenvalue weighted by molar-refractivity contribution is 14.0. The lowest BCUT2D eigenvalue weighted by molar-refractivity contribution is -0.136. The molecule has 0 atom stereocenters. The number of amides is 1. The second kappa shape index (κ2) is 13.1. The SMILES string of the molecule is CN=C(NCCc1ccc(C)c(OC)c1)N1CCN(CC(=O)N2CCOCC2)CC1.I. The van der Waals surface area contributed by atoms with Crippen molar-refractivity contribution in [2.75, 3.05) is 79.7 Å². The number of benzene rings is 1. The average molecular weight is 545 g/mol. The van der Waals surface area contributed by atoms with Crippen LogP contribution >= 0.6 is 24.0 Å². The fourth-order valence-electron chi connectivity index (χ4n) is 3.89. The minimum Gasteiger partial charge on any atom is -0.496 e. The van der Waals surface area contributed by atoms with Crippen LogP contribution in [0.25, 0.3) is 0 Å². The Bertz CT molecular complexity index is 732. The van der Waals surface area contributed by atoms with Crippen LogP contribution in [-0.4, -0.2) is 106 Å². The van der Waals surface area contributed by atoms with Crippen LogP contribution in [0.2, 0.25) is 0 Å². The predicted octanol–water partition coefficient (Wildman–Crippen LogP) is 1.22. The summed E-state index contributed by atoms with van der Waals surface area (Å²) in [5, 5.41) is 3.47. The maximum atomic E-state index is 12.5. The molecule has 0 bridgehead atoms. The van der Waals surface area contributed by atoms with Gasteiger partial charge >= 0.3 is 0 Å². The minimum absolute atomic E-state index is 0. The maximum absolute atomic E-state index is 12.5. The van der Waals surface area contributed by atoms with Gasteiger partial charge in [-0.2, -0.15) is 0 Å². The zero-order chi connectivity index (χ0) is 21.3. The Morgan fingerprint density at radius 1 is 1.13 bits per heavy atom. The number of rotatable bonds is 6. The number of morpholine rings is 1. The van der Waals surface area contributed by atoms with E-state index < -0.39 is 0 Å². The van der Waals surface area contributed by atoms with Crippen molar-refractivity contribution in [1.29, 1.82) is 0 Å². The highest BCUT2D eigenvalue weighted by Crippen LogP contribution is 2.19. The number of hydrogen-bond acceptors (Lipinski definition) is 5. The number of halogens is 1. The monoisotopic (exact) mass is 545 g/mol. The number of nitrogens with zero attached hydrogens (tertiary/aromatic N) is 4. The van der Waals surface area contributed by atoms with Crippen LogP contribution in [0.1, 0.15) is 11.1 Å². The van der Waals surface area contributed by atoms with Crippen molar-refractivity contribution in [3.8, 4) is 5.75 Å². The molecule has 174 valence electrons. The van der Waals surface area contributed by atoms with Crippen molar-refractivity contribution in [2.45, 2.75) is 13.3 Å². The lowest BCUT2D eigenvalue weighted by atomic mass is 10.1. The number of ether oxygens (including phenoxy) is 2. The van der Waals surface area contributed by atoms with E-state index in [1.807, 2.05) is 11.9 Å². The first-order chi connectivity index (χ1) is 14.6. The third-order valence-corrected chi connectivity index (χ3v) is 5.78. The summed E-state index contributed by atoms with van der Waals surface area (Å²) in [6.07, 6.45) is 0.906. The number of guanidine groups is 1. The normalized spacial score (nSPS) is 17.8. The molecule has 0 saturated carbocycles. The van der Waals surface area contributed by atoms with Crippen LogP contribution in [-0.2, 0) is 16.0 Å². The number of nitrogens with one attached hydrogen (secondary N) is 1. The first kappa shape index (κ1) is 25.7. The molecule has 2 aliphatic rings. The second-order valence-electron chi connectivity index (χ2n) is 7.78. The van der Waals surface area contributed by atoms with Gasteiger partial charge in [0.2, 0.25) is 5.91 Å². The van der Waals surface area contributed by atoms with Crippen LogP contribution in [0.3, 0.4) is 0 Å². The van der Waals surface area contributed by atoms with E-state index in [1.54, 1.807) is 7.11 Å². The number of methoxy groups -OCH3 is 1. The van der Waals surface area contributed by atoms with Gasteiger partial charge in [-0.3, -0.25) is 14.7 Å². The second-order valence-corrected chi connectivity index (χ2v) is 7.78. The summed E-state index contributed by atoms with van der Waals surface area (Å²) in [7, 11) is 3.53. The molecule has 0 aromatic heterocycles. The Hall–Kier alpha value is -1.59. The third kappa shape index (κ3) is 7.50. The van der Waals surface area contributed by atoms with E-state index in [4.69, 9.17) is 9.47 Å². The van der Waals surface area contributed by atoms with Crippen LogP contribution in [0.15, 0.2) is 23.2 Å². The summed E-state index contributed by atoms with van der Waals surface area (Å²) in [5.74, 6) is 2.07. The number of carbonyl (C=O) groups excluding carboxylic acids is 1. The smallest absolute Gasteiger partial charge is 0.236 e. The molecule has 9 heteroatoms. The summed E-state index contributed by atoms with van der Waals surface area (Å²) < 4.78 is 10.7. The van der Waals surface area contributed by atoms with Crippen LogP contribution < -0.4 is 10.1 Å². The van der Waals surface area contributed by atoms with Crippen molar-refractivity contribution >= 4 is 35.8 Å². The summed E-state index contributed by atoms with van der Waals surface area (Å²) >= 11 is 0. The maximum Gasteiger partial charge on any atom is 0.236 e. The first-order valence-corrected chi connectivity index (χ1v) is 10.8. The van der Waals surface area contributed by atoms with Gasteiger partial charge < -0.3 is 24.6 Å². The Kier molecular flexibility index (Phi) is 10.8. The van der Waals surface area contributed by atoms with E-state index in [9.17, 15) is 4.79 Å². The van der Waals surface area contributed by atoms with Crippen molar-refractivity contribution in [2.24, 2.45) is 4.99 Å². The molecule has 1 aromatic rings. The van der Waals surface area contributed by atoms with Gasteiger partial charge in [-0.25, -0.2) is 0 Å².